The molecular formula is C23H31ClN4OS. The fourth-order valence-corrected chi connectivity index (χ4v) is 5.91. The van der Waals surface area contributed by atoms with Gasteiger partial charge in [-0.3, -0.25) is 4.99 Å². The number of nitrogens with zero attached hydrogens (tertiary/aromatic N) is 4. The molecule has 1 aliphatic carbocycles. The molecule has 0 amide bonds. The van der Waals surface area contributed by atoms with E-state index in [1.54, 1.807) is 7.05 Å². The maximum Gasteiger partial charge on any atom is 0.192 e. The molecule has 0 bridgehead atoms. The number of aliphatic imine (C=N–C) groups is 1. The lowest BCUT2D eigenvalue weighted by atomic mass is 9.95. The molecule has 1 aromatic carbocycles. The minimum absolute atomic E-state index is 0.318. The summed E-state index contributed by atoms with van der Waals surface area (Å²) in [5.41, 5.74) is 2.68. The predicted octanol–water partition coefficient (Wildman–Crippen LogP) is 4.69. The van der Waals surface area contributed by atoms with Crippen LogP contribution in [0.15, 0.2) is 40.1 Å². The van der Waals surface area contributed by atoms with Crippen molar-refractivity contribution in [3.8, 4) is 0 Å². The van der Waals surface area contributed by atoms with Gasteiger partial charge in [-0.25, -0.2) is 4.98 Å². The molecule has 1 saturated heterocycles. The summed E-state index contributed by atoms with van der Waals surface area (Å²) in [6.07, 6.45) is 4.00. The first kappa shape index (κ1) is 21.7. The first-order chi connectivity index (χ1) is 14.4. The van der Waals surface area contributed by atoms with Crippen LogP contribution in [0.4, 0.5) is 0 Å². The lowest BCUT2D eigenvalue weighted by molar-refractivity contribution is 0.299. The average Bonchev–Trinajstić information content (AvgIpc) is 3.06. The Morgan fingerprint density at radius 1 is 1.50 bits per heavy atom. The highest BCUT2D eigenvalue weighted by molar-refractivity contribution is 7.99. The summed E-state index contributed by atoms with van der Waals surface area (Å²) in [7, 11) is 3.88. The zero-order valence-electron chi connectivity index (χ0n) is 18.3. The smallest absolute Gasteiger partial charge is 0.192 e. The van der Waals surface area contributed by atoms with E-state index in [1.165, 1.54) is 37.9 Å². The number of aryl methyl sites for hydroxylation is 1. The third kappa shape index (κ3) is 4.27. The molecule has 30 heavy (non-hydrogen) atoms. The van der Waals surface area contributed by atoms with Crippen molar-refractivity contribution in [3.05, 3.63) is 52.7 Å². The molecule has 2 heterocycles. The Morgan fingerprint density at radius 3 is 3.03 bits per heavy atom. The Morgan fingerprint density at radius 2 is 2.33 bits per heavy atom. The van der Waals surface area contributed by atoms with Crippen LogP contribution in [-0.2, 0) is 5.41 Å². The first-order valence-corrected chi connectivity index (χ1v) is 12.1. The molecular weight excluding hydrogens is 416 g/mol. The SMILES string of the molecule is C/N=C(/c1ocnc1C)N(C)C(C)SCCCN1CC2CC2(c2cccc(Cl)c2)C1. The number of piperidine rings is 1. The number of hydrogen-bond acceptors (Lipinski definition) is 5. The number of thioether (sulfide) groups is 1. The van der Waals surface area contributed by atoms with Crippen LogP contribution in [0.25, 0.3) is 0 Å². The molecule has 1 aliphatic heterocycles. The minimum Gasteiger partial charge on any atom is -0.440 e. The Hall–Kier alpha value is -1.50. The Bertz CT molecular complexity index is 916. The Labute approximate surface area is 188 Å². The van der Waals surface area contributed by atoms with Gasteiger partial charge < -0.3 is 14.2 Å². The van der Waals surface area contributed by atoms with Crippen molar-refractivity contribution in [2.75, 3.05) is 39.5 Å². The molecule has 0 spiro atoms. The normalized spacial score (nSPS) is 24.7. The van der Waals surface area contributed by atoms with E-state index in [0.717, 1.165) is 40.5 Å². The summed E-state index contributed by atoms with van der Waals surface area (Å²) in [6.45, 7) is 7.74. The van der Waals surface area contributed by atoms with E-state index in [-0.39, 0.29) is 0 Å². The van der Waals surface area contributed by atoms with Crippen LogP contribution in [0.5, 0.6) is 0 Å². The van der Waals surface area contributed by atoms with Crippen LogP contribution in [0.1, 0.15) is 36.8 Å². The van der Waals surface area contributed by atoms with Crippen LogP contribution in [-0.4, -0.2) is 65.5 Å². The minimum atomic E-state index is 0.318. The third-order valence-corrected chi connectivity index (χ3v) is 8.19. The van der Waals surface area contributed by atoms with E-state index < -0.39 is 0 Å². The number of halogens is 1. The highest BCUT2D eigenvalue weighted by Gasteiger charge is 2.60. The largest absolute Gasteiger partial charge is 0.440 e. The molecule has 0 N–H and O–H groups in total. The van der Waals surface area contributed by atoms with Crippen molar-refractivity contribution >= 4 is 29.2 Å². The monoisotopic (exact) mass is 446 g/mol. The van der Waals surface area contributed by atoms with Crippen molar-refractivity contribution in [1.29, 1.82) is 0 Å². The molecule has 0 radical (unpaired) electrons. The summed E-state index contributed by atoms with van der Waals surface area (Å²) < 4.78 is 5.54. The van der Waals surface area contributed by atoms with Gasteiger partial charge in [0, 0.05) is 37.6 Å². The number of likely N-dealkylation sites (tertiary alicyclic amines) is 1. The Balaban J connectivity index is 1.23. The zero-order valence-corrected chi connectivity index (χ0v) is 19.8. The fraction of sp³-hybridized carbons (Fsp3) is 0.565. The fourth-order valence-electron chi connectivity index (χ4n) is 4.76. The molecule has 1 aromatic heterocycles. The number of benzene rings is 1. The molecule has 2 aliphatic rings. The van der Waals surface area contributed by atoms with E-state index >= 15 is 0 Å². The van der Waals surface area contributed by atoms with Gasteiger partial charge in [-0.2, -0.15) is 0 Å². The number of amidine groups is 1. The van der Waals surface area contributed by atoms with E-state index in [1.807, 2.05) is 24.8 Å². The van der Waals surface area contributed by atoms with Crippen LogP contribution in [0.2, 0.25) is 5.02 Å². The summed E-state index contributed by atoms with van der Waals surface area (Å²) in [5.74, 6) is 3.55. The molecule has 7 heteroatoms. The van der Waals surface area contributed by atoms with Crippen molar-refractivity contribution in [2.45, 2.75) is 37.5 Å². The number of hydrogen-bond donors (Lipinski definition) is 0. The molecule has 2 aromatic rings. The number of oxazole rings is 1. The molecule has 162 valence electrons. The van der Waals surface area contributed by atoms with Crippen LogP contribution >= 0.6 is 23.4 Å². The zero-order chi connectivity index (χ0) is 21.3. The molecule has 1 saturated carbocycles. The second kappa shape index (κ2) is 8.93. The van der Waals surface area contributed by atoms with Gasteiger partial charge in [0.05, 0.1) is 11.1 Å². The van der Waals surface area contributed by atoms with Crippen LogP contribution in [0.3, 0.4) is 0 Å². The van der Waals surface area contributed by atoms with Crippen molar-refractivity contribution in [1.82, 2.24) is 14.8 Å². The molecule has 3 atom stereocenters. The molecule has 3 unspecified atom stereocenters. The van der Waals surface area contributed by atoms with Crippen LogP contribution in [0, 0.1) is 12.8 Å². The van der Waals surface area contributed by atoms with Gasteiger partial charge in [-0.1, -0.05) is 23.7 Å². The van der Waals surface area contributed by atoms with E-state index in [0.29, 0.717) is 10.8 Å². The lowest BCUT2D eigenvalue weighted by Gasteiger charge is -2.27. The summed E-state index contributed by atoms with van der Waals surface area (Å²) in [4.78, 5) is 13.4. The maximum atomic E-state index is 6.23. The quantitative estimate of drug-likeness (QED) is 0.255. The number of rotatable bonds is 8. The van der Waals surface area contributed by atoms with Gasteiger partial charge in [0.15, 0.2) is 18.0 Å². The van der Waals surface area contributed by atoms with E-state index in [9.17, 15) is 0 Å². The second-order valence-electron chi connectivity index (χ2n) is 8.55. The first-order valence-electron chi connectivity index (χ1n) is 10.6. The van der Waals surface area contributed by atoms with E-state index in [4.69, 9.17) is 16.0 Å². The van der Waals surface area contributed by atoms with Gasteiger partial charge in [0.1, 0.15) is 0 Å². The van der Waals surface area contributed by atoms with Crippen LogP contribution < -0.4 is 0 Å². The Kier molecular flexibility index (Phi) is 6.47. The average molecular weight is 447 g/mol. The predicted molar refractivity (Wildman–Crippen MR) is 126 cm³/mol. The summed E-state index contributed by atoms with van der Waals surface area (Å²) in [5, 5.41) is 1.17. The highest BCUT2D eigenvalue weighted by atomic mass is 35.5. The molecule has 4 rings (SSSR count). The van der Waals surface area contributed by atoms with Gasteiger partial charge in [-0.05, 0) is 62.6 Å². The number of aromatic nitrogens is 1. The number of fused-ring (bicyclic) bond motifs is 1. The van der Waals surface area contributed by atoms with Crippen molar-refractivity contribution in [2.24, 2.45) is 10.9 Å². The second-order valence-corrected chi connectivity index (χ2v) is 10.4. The maximum absolute atomic E-state index is 6.23. The van der Waals surface area contributed by atoms with Gasteiger partial charge in [-0.15, -0.1) is 11.8 Å². The van der Waals surface area contributed by atoms with Crippen molar-refractivity contribution in [3.63, 3.8) is 0 Å². The van der Waals surface area contributed by atoms with Gasteiger partial charge >= 0.3 is 0 Å². The van der Waals surface area contributed by atoms with E-state index in [2.05, 4.69) is 51.9 Å². The van der Waals surface area contributed by atoms with Gasteiger partial charge in [0.2, 0.25) is 0 Å². The molecule has 2 fully saturated rings. The topological polar surface area (TPSA) is 44.9 Å². The lowest BCUT2D eigenvalue weighted by Crippen LogP contribution is -2.34. The van der Waals surface area contributed by atoms with Gasteiger partial charge in [0.25, 0.3) is 0 Å². The third-order valence-electron chi connectivity index (χ3n) is 6.63. The molecule has 5 nitrogen and oxygen atoms in total. The summed E-state index contributed by atoms with van der Waals surface area (Å²) in [6, 6.07) is 8.49. The summed E-state index contributed by atoms with van der Waals surface area (Å²) >= 11 is 8.20. The van der Waals surface area contributed by atoms with Crippen molar-refractivity contribution < 1.29 is 4.42 Å². The highest BCUT2D eigenvalue weighted by Crippen LogP contribution is 2.59. The standard InChI is InChI=1S/C23H31ClN4OS/c1-16-21(29-15-26-16)22(25-3)27(4)17(2)30-10-6-9-28-13-19-12-23(19,14-28)18-7-5-8-20(24)11-18/h5,7-8,11,15,17,19H,6,9-10,12-14H2,1-4H3/b25-22-.